The largest absolute Gasteiger partial charge is 0.382 e. The summed E-state index contributed by atoms with van der Waals surface area (Å²) in [7, 11) is 0. The maximum Gasteiger partial charge on any atom is 0.253 e. The van der Waals surface area contributed by atoms with E-state index in [4.69, 9.17) is 4.74 Å². The number of carbonyl (C=O) groups is 3. The van der Waals surface area contributed by atoms with Crippen molar-refractivity contribution in [2.45, 2.75) is 19.8 Å². The molecule has 1 atom stereocenters. The molecule has 1 heterocycles. The maximum absolute atomic E-state index is 12.8. The van der Waals surface area contributed by atoms with Crippen molar-refractivity contribution in [1.82, 2.24) is 5.32 Å². The molecule has 0 aromatic heterocycles. The molecule has 7 heteroatoms. The number of carbonyl (C=O) groups excluding carboxylic acids is 3. The van der Waals surface area contributed by atoms with Crippen LogP contribution in [0.2, 0.25) is 0 Å². The molecule has 2 aromatic rings. The zero-order valence-corrected chi connectivity index (χ0v) is 17.1. The van der Waals surface area contributed by atoms with E-state index in [0.717, 1.165) is 5.69 Å². The Hall–Kier alpha value is -3.19. The maximum atomic E-state index is 12.8. The highest BCUT2D eigenvalue weighted by Gasteiger charge is 2.35. The van der Waals surface area contributed by atoms with Gasteiger partial charge in [0.1, 0.15) is 0 Å². The number of para-hydroxylation sites is 2. The van der Waals surface area contributed by atoms with Gasteiger partial charge in [-0.3, -0.25) is 14.4 Å². The van der Waals surface area contributed by atoms with E-state index in [1.54, 1.807) is 29.2 Å². The number of nitrogens with zero attached hydrogens (tertiary/aromatic N) is 1. The van der Waals surface area contributed by atoms with E-state index in [1.807, 2.05) is 37.3 Å². The Kier molecular flexibility index (Phi) is 7.57. The van der Waals surface area contributed by atoms with Gasteiger partial charge in [-0.1, -0.05) is 30.3 Å². The topological polar surface area (TPSA) is 87.7 Å². The monoisotopic (exact) mass is 409 g/mol. The van der Waals surface area contributed by atoms with Crippen LogP contribution in [0.3, 0.4) is 0 Å². The zero-order valence-electron chi connectivity index (χ0n) is 17.1. The molecule has 1 fully saturated rings. The quantitative estimate of drug-likeness (QED) is 0.624. The Morgan fingerprint density at radius 2 is 1.83 bits per heavy atom. The van der Waals surface area contributed by atoms with Crippen molar-refractivity contribution in [1.29, 1.82) is 0 Å². The van der Waals surface area contributed by atoms with Crippen molar-refractivity contribution in [2.75, 3.05) is 36.5 Å². The minimum atomic E-state index is -0.472. The van der Waals surface area contributed by atoms with Crippen LogP contribution in [0.5, 0.6) is 0 Å². The summed E-state index contributed by atoms with van der Waals surface area (Å²) < 4.78 is 5.26. The Morgan fingerprint density at radius 1 is 1.10 bits per heavy atom. The number of hydrogen-bond acceptors (Lipinski definition) is 4. The molecule has 1 aliphatic rings. The van der Waals surface area contributed by atoms with E-state index in [9.17, 15) is 14.4 Å². The zero-order chi connectivity index (χ0) is 21.3. The number of hydrogen-bond donors (Lipinski definition) is 2. The van der Waals surface area contributed by atoms with Crippen LogP contribution in [-0.4, -0.2) is 44.0 Å². The van der Waals surface area contributed by atoms with Gasteiger partial charge in [0.2, 0.25) is 11.8 Å². The third-order valence-corrected chi connectivity index (χ3v) is 4.95. The Bertz CT molecular complexity index is 885. The summed E-state index contributed by atoms with van der Waals surface area (Å²) in [5.41, 5.74) is 1.62. The molecule has 0 spiro atoms. The summed E-state index contributed by atoms with van der Waals surface area (Å²) >= 11 is 0. The molecular weight excluding hydrogens is 382 g/mol. The molecular formula is C23H27N3O4. The Morgan fingerprint density at radius 3 is 2.60 bits per heavy atom. The van der Waals surface area contributed by atoms with E-state index in [0.29, 0.717) is 44.0 Å². The lowest BCUT2D eigenvalue weighted by atomic mass is 10.1. The van der Waals surface area contributed by atoms with Gasteiger partial charge in [0, 0.05) is 38.4 Å². The molecule has 1 aliphatic heterocycles. The SMILES string of the molecule is CCOCCCNC(=O)c1ccccc1NC(=O)[C@@H]1CC(=O)N(c2ccccc2)C1. The molecule has 30 heavy (non-hydrogen) atoms. The molecule has 0 bridgehead atoms. The average Bonchev–Trinajstić information content (AvgIpc) is 3.16. The molecule has 2 aromatic carbocycles. The molecule has 0 unspecified atom stereocenters. The first-order chi connectivity index (χ1) is 14.6. The lowest BCUT2D eigenvalue weighted by Gasteiger charge is -2.17. The van der Waals surface area contributed by atoms with Gasteiger partial charge in [0.15, 0.2) is 0 Å². The number of anilines is 2. The summed E-state index contributed by atoms with van der Waals surface area (Å²) in [4.78, 5) is 39.3. The Labute approximate surface area is 176 Å². The minimum Gasteiger partial charge on any atom is -0.382 e. The second-order valence-corrected chi connectivity index (χ2v) is 7.08. The van der Waals surface area contributed by atoms with E-state index < -0.39 is 5.92 Å². The third kappa shape index (κ3) is 5.45. The number of amides is 3. The number of benzene rings is 2. The third-order valence-electron chi connectivity index (χ3n) is 4.95. The van der Waals surface area contributed by atoms with E-state index in [1.165, 1.54) is 0 Å². The van der Waals surface area contributed by atoms with Gasteiger partial charge in [0.25, 0.3) is 5.91 Å². The Balaban J connectivity index is 1.60. The number of rotatable bonds is 9. The van der Waals surface area contributed by atoms with Gasteiger partial charge in [-0.05, 0) is 37.6 Å². The summed E-state index contributed by atoms with van der Waals surface area (Å²) in [6.45, 7) is 3.97. The number of nitrogens with one attached hydrogen (secondary N) is 2. The molecule has 158 valence electrons. The van der Waals surface area contributed by atoms with Crippen molar-refractivity contribution < 1.29 is 19.1 Å². The van der Waals surface area contributed by atoms with Gasteiger partial charge in [-0.25, -0.2) is 0 Å². The molecule has 1 saturated heterocycles. The second-order valence-electron chi connectivity index (χ2n) is 7.08. The van der Waals surface area contributed by atoms with Gasteiger partial charge in [-0.15, -0.1) is 0 Å². The van der Waals surface area contributed by atoms with Crippen molar-refractivity contribution in [3.8, 4) is 0 Å². The van der Waals surface area contributed by atoms with Crippen LogP contribution >= 0.6 is 0 Å². The lowest BCUT2D eigenvalue weighted by molar-refractivity contribution is -0.122. The first-order valence-corrected chi connectivity index (χ1v) is 10.2. The standard InChI is InChI=1S/C23H27N3O4/c1-2-30-14-8-13-24-23(29)19-11-6-7-12-20(19)25-22(28)17-15-21(27)26(16-17)18-9-4-3-5-10-18/h3-7,9-12,17H,2,8,13-16H2,1H3,(H,24,29)(H,25,28)/t17-/m1/s1. The molecule has 0 saturated carbocycles. The van der Waals surface area contributed by atoms with Crippen LogP contribution in [-0.2, 0) is 14.3 Å². The van der Waals surface area contributed by atoms with Crippen LogP contribution in [0, 0.1) is 5.92 Å². The van der Waals surface area contributed by atoms with Gasteiger partial charge in [0.05, 0.1) is 17.2 Å². The molecule has 0 radical (unpaired) electrons. The molecule has 0 aliphatic carbocycles. The molecule has 2 N–H and O–H groups in total. The highest BCUT2D eigenvalue weighted by Crippen LogP contribution is 2.26. The predicted molar refractivity (Wildman–Crippen MR) is 115 cm³/mol. The van der Waals surface area contributed by atoms with Gasteiger partial charge in [-0.2, -0.15) is 0 Å². The van der Waals surface area contributed by atoms with E-state index >= 15 is 0 Å². The predicted octanol–water partition coefficient (Wildman–Crippen LogP) is 2.83. The fraction of sp³-hybridized carbons (Fsp3) is 0.348. The fourth-order valence-corrected chi connectivity index (χ4v) is 3.38. The minimum absolute atomic E-state index is 0.0818. The van der Waals surface area contributed by atoms with Crippen LogP contribution < -0.4 is 15.5 Å². The normalized spacial score (nSPS) is 15.8. The van der Waals surface area contributed by atoms with Crippen molar-refractivity contribution >= 4 is 29.1 Å². The highest BCUT2D eigenvalue weighted by atomic mass is 16.5. The molecule has 3 amide bonds. The van der Waals surface area contributed by atoms with Crippen LogP contribution in [0.4, 0.5) is 11.4 Å². The summed E-state index contributed by atoms with van der Waals surface area (Å²) in [6, 6.07) is 16.2. The van der Waals surface area contributed by atoms with E-state index in [2.05, 4.69) is 10.6 Å². The first-order valence-electron chi connectivity index (χ1n) is 10.2. The first kappa shape index (κ1) is 21.5. The lowest BCUT2D eigenvalue weighted by Crippen LogP contribution is -2.30. The molecule has 7 nitrogen and oxygen atoms in total. The van der Waals surface area contributed by atoms with E-state index in [-0.39, 0.29) is 24.1 Å². The van der Waals surface area contributed by atoms with Crippen molar-refractivity contribution in [2.24, 2.45) is 5.92 Å². The van der Waals surface area contributed by atoms with Crippen LogP contribution in [0.25, 0.3) is 0 Å². The summed E-state index contributed by atoms with van der Waals surface area (Å²) in [6.07, 6.45) is 0.861. The second kappa shape index (κ2) is 10.5. The summed E-state index contributed by atoms with van der Waals surface area (Å²) in [5.74, 6) is -1.07. The smallest absolute Gasteiger partial charge is 0.253 e. The van der Waals surface area contributed by atoms with Gasteiger partial charge >= 0.3 is 0 Å². The fourth-order valence-electron chi connectivity index (χ4n) is 3.38. The summed E-state index contributed by atoms with van der Waals surface area (Å²) in [5, 5.41) is 5.68. The number of ether oxygens (including phenoxy) is 1. The highest BCUT2D eigenvalue weighted by molar-refractivity contribution is 6.07. The van der Waals surface area contributed by atoms with Crippen LogP contribution in [0.15, 0.2) is 54.6 Å². The van der Waals surface area contributed by atoms with Crippen molar-refractivity contribution in [3.63, 3.8) is 0 Å². The van der Waals surface area contributed by atoms with Crippen LogP contribution in [0.1, 0.15) is 30.1 Å². The molecule has 3 rings (SSSR count). The van der Waals surface area contributed by atoms with Crippen molar-refractivity contribution in [3.05, 3.63) is 60.2 Å². The average molecular weight is 409 g/mol. The van der Waals surface area contributed by atoms with Gasteiger partial charge < -0.3 is 20.3 Å².